The highest BCUT2D eigenvalue weighted by atomic mass is 32.1. The molecular weight excluding hydrogens is 256 g/mol. The molecule has 0 spiro atoms. The quantitative estimate of drug-likeness (QED) is 0.910. The molecule has 0 aromatic carbocycles. The zero-order chi connectivity index (χ0) is 14.0. The smallest absolute Gasteiger partial charge is 0.123 e. The molecule has 19 heavy (non-hydrogen) atoms. The Morgan fingerprint density at radius 1 is 1.47 bits per heavy atom. The predicted octanol–water partition coefficient (Wildman–Crippen LogP) is 3.86. The number of hydrogen-bond acceptors (Lipinski definition) is 4. The van der Waals surface area contributed by atoms with E-state index >= 15 is 0 Å². The molecule has 2 unspecified atom stereocenters. The second-order valence-electron chi connectivity index (χ2n) is 6.34. The Kier molecular flexibility index (Phi) is 4.64. The van der Waals surface area contributed by atoms with Crippen LogP contribution in [-0.2, 0) is 11.2 Å². The predicted molar refractivity (Wildman–Crippen MR) is 80.7 cm³/mol. The zero-order valence-electron chi connectivity index (χ0n) is 12.7. The van der Waals surface area contributed by atoms with E-state index in [0.29, 0.717) is 6.04 Å². The summed E-state index contributed by atoms with van der Waals surface area (Å²) < 4.78 is 5.70. The van der Waals surface area contributed by atoms with Gasteiger partial charge in [-0.3, -0.25) is 0 Å². The number of ether oxygens (including phenoxy) is 1. The summed E-state index contributed by atoms with van der Waals surface area (Å²) in [5.41, 5.74) is 1.36. The molecule has 1 aromatic rings. The van der Waals surface area contributed by atoms with Gasteiger partial charge in [0.2, 0.25) is 0 Å². The van der Waals surface area contributed by atoms with Gasteiger partial charge in [0.05, 0.1) is 11.7 Å². The van der Waals surface area contributed by atoms with Crippen LogP contribution >= 0.6 is 11.3 Å². The van der Waals surface area contributed by atoms with Crippen LogP contribution in [0.25, 0.3) is 0 Å². The molecule has 108 valence electrons. The minimum Gasteiger partial charge on any atom is -0.374 e. The Bertz CT molecular complexity index is 422. The first kappa shape index (κ1) is 14.9. The first-order valence-electron chi connectivity index (χ1n) is 7.23. The minimum absolute atomic E-state index is 0.0862. The van der Waals surface area contributed by atoms with Crippen molar-refractivity contribution in [1.82, 2.24) is 10.3 Å². The van der Waals surface area contributed by atoms with Gasteiger partial charge in [0.1, 0.15) is 11.1 Å². The largest absolute Gasteiger partial charge is 0.374 e. The Labute approximate surface area is 120 Å². The fourth-order valence-electron chi connectivity index (χ4n) is 2.82. The van der Waals surface area contributed by atoms with Crippen LogP contribution in [0.5, 0.6) is 0 Å². The topological polar surface area (TPSA) is 34.1 Å². The van der Waals surface area contributed by atoms with E-state index in [1.807, 2.05) is 11.3 Å². The van der Waals surface area contributed by atoms with Crippen molar-refractivity contribution in [3.63, 3.8) is 0 Å². The van der Waals surface area contributed by atoms with Crippen molar-refractivity contribution >= 4 is 11.3 Å². The summed E-state index contributed by atoms with van der Waals surface area (Å²) in [6, 6.07) is 0.441. The molecule has 3 nitrogen and oxygen atoms in total. The lowest BCUT2D eigenvalue weighted by Gasteiger charge is -2.27. The number of rotatable bonds is 4. The highest BCUT2D eigenvalue weighted by Gasteiger charge is 2.32. The number of hydrogen-bond donors (Lipinski definition) is 1. The second kappa shape index (κ2) is 5.90. The fraction of sp³-hybridized carbons (Fsp3) is 0.800. The summed E-state index contributed by atoms with van der Waals surface area (Å²) in [7, 11) is 1.79. The van der Waals surface area contributed by atoms with Crippen LogP contribution in [0.1, 0.15) is 68.3 Å². The van der Waals surface area contributed by atoms with Crippen molar-refractivity contribution in [3.05, 3.63) is 15.6 Å². The third kappa shape index (κ3) is 3.18. The number of nitrogens with one attached hydrogen (secondary N) is 1. The summed E-state index contributed by atoms with van der Waals surface area (Å²) in [6.45, 7) is 9.80. The van der Waals surface area contributed by atoms with Gasteiger partial charge < -0.3 is 10.1 Å². The van der Waals surface area contributed by atoms with Crippen LogP contribution in [0.3, 0.4) is 0 Å². The molecule has 0 saturated heterocycles. The molecule has 1 aromatic heterocycles. The Hall–Kier alpha value is -0.450. The van der Waals surface area contributed by atoms with Gasteiger partial charge in [-0.25, -0.2) is 4.98 Å². The molecule has 0 amide bonds. The van der Waals surface area contributed by atoms with Gasteiger partial charge in [-0.2, -0.15) is 0 Å². The molecule has 0 saturated carbocycles. The van der Waals surface area contributed by atoms with E-state index in [9.17, 15) is 0 Å². The van der Waals surface area contributed by atoms with Crippen molar-refractivity contribution in [3.8, 4) is 0 Å². The van der Waals surface area contributed by atoms with Gasteiger partial charge in [-0.1, -0.05) is 27.7 Å². The first-order chi connectivity index (χ1) is 8.97. The highest BCUT2D eigenvalue weighted by molar-refractivity contribution is 7.11. The van der Waals surface area contributed by atoms with E-state index in [1.165, 1.54) is 29.8 Å². The second-order valence-corrected chi connectivity index (χ2v) is 7.46. The lowest BCUT2D eigenvalue weighted by atomic mass is 9.89. The summed E-state index contributed by atoms with van der Waals surface area (Å²) in [6.07, 6.45) is 3.73. The molecule has 1 heterocycles. The van der Waals surface area contributed by atoms with Crippen LogP contribution in [0.15, 0.2) is 0 Å². The first-order valence-corrected chi connectivity index (χ1v) is 8.04. The third-order valence-electron chi connectivity index (χ3n) is 3.67. The van der Waals surface area contributed by atoms with Crippen LogP contribution in [0.2, 0.25) is 0 Å². The average molecular weight is 282 g/mol. The average Bonchev–Trinajstić information content (AvgIpc) is 2.72. The monoisotopic (exact) mass is 282 g/mol. The Morgan fingerprint density at radius 2 is 2.21 bits per heavy atom. The molecule has 2 atom stereocenters. The summed E-state index contributed by atoms with van der Waals surface area (Å²) in [5, 5.41) is 4.70. The maximum atomic E-state index is 5.70. The standard InChI is InChI=1S/C15H26N2OS/c1-6-16-10-8-7-9-11-12(10)17-14(19-11)13(18-5)15(2,3)4/h10,13,16H,6-9H2,1-5H3. The molecule has 2 rings (SSSR count). The SMILES string of the molecule is CCNC1CCCc2sc(C(OC)C(C)(C)C)nc21. The molecule has 1 aliphatic carbocycles. The molecule has 0 aliphatic heterocycles. The molecule has 4 heteroatoms. The fourth-order valence-corrected chi connectivity index (χ4v) is 4.31. The maximum absolute atomic E-state index is 5.70. The van der Waals surface area contributed by atoms with Crippen LogP contribution in [0, 0.1) is 5.41 Å². The summed E-state index contributed by atoms with van der Waals surface area (Å²) in [4.78, 5) is 6.38. The van der Waals surface area contributed by atoms with Crippen LogP contribution < -0.4 is 5.32 Å². The molecule has 1 N–H and O–H groups in total. The lowest BCUT2D eigenvalue weighted by molar-refractivity contribution is 0.0149. The molecule has 0 radical (unpaired) electrons. The Balaban J connectivity index is 2.30. The van der Waals surface area contributed by atoms with Crippen molar-refractivity contribution in [2.75, 3.05) is 13.7 Å². The van der Waals surface area contributed by atoms with Gasteiger partial charge in [0.15, 0.2) is 0 Å². The summed E-state index contributed by atoms with van der Waals surface area (Å²) >= 11 is 1.85. The van der Waals surface area contributed by atoms with Crippen molar-refractivity contribution in [2.24, 2.45) is 5.41 Å². The zero-order valence-corrected chi connectivity index (χ0v) is 13.6. The Morgan fingerprint density at radius 3 is 2.79 bits per heavy atom. The van der Waals surface area contributed by atoms with E-state index in [4.69, 9.17) is 9.72 Å². The van der Waals surface area contributed by atoms with Gasteiger partial charge in [-0.05, 0) is 31.2 Å². The van der Waals surface area contributed by atoms with Crippen molar-refractivity contribution < 1.29 is 4.74 Å². The number of methoxy groups -OCH3 is 1. The van der Waals surface area contributed by atoms with Crippen molar-refractivity contribution in [2.45, 2.75) is 59.1 Å². The van der Waals surface area contributed by atoms with Gasteiger partial charge in [0.25, 0.3) is 0 Å². The van der Waals surface area contributed by atoms with Gasteiger partial charge >= 0.3 is 0 Å². The van der Waals surface area contributed by atoms with E-state index < -0.39 is 0 Å². The van der Waals surface area contributed by atoms with E-state index in [0.717, 1.165) is 11.6 Å². The lowest BCUT2D eigenvalue weighted by Crippen LogP contribution is -2.25. The van der Waals surface area contributed by atoms with E-state index in [-0.39, 0.29) is 11.5 Å². The maximum Gasteiger partial charge on any atom is 0.123 e. The van der Waals surface area contributed by atoms with Crippen LogP contribution in [0.4, 0.5) is 0 Å². The van der Waals surface area contributed by atoms with Crippen molar-refractivity contribution in [1.29, 1.82) is 0 Å². The number of aromatic nitrogens is 1. The normalized spacial score (nSPS) is 21.2. The highest BCUT2D eigenvalue weighted by Crippen LogP contribution is 2.41. The number of aryl methyl sites for hydroxylation is 1. The van der Waals surface area contributed by atoms with Crippen LogP contribution in [-0.4, -0.2) is 18.6 Å². The number of fused-ring (bicyclic) bond motifs is 1. The molecule has 1 aliphatic rings. The van der Waals surface area contributed by atoms with E-state index in [1.54, 1.807) is 7.11 Å². The molecular formula is C15H26N2OS. The van der Waals surface area contributed by atoms with E-state index in [2.05, 4.69) is 33.0 Å². The summed E-state index contributed by atoms with van der Waals surface area (Å²) in [5.74, 6) is 0. The number of thiazole rings is 1. The van der Waals surface area contributed by atoms with Gasteiger partial charge in [0, 0.05) is 12.0 Å². The van der Waals surface area contributed by atoms with Gasteiger partial charge in [-0.15, -0.1) is 11.3 Å². The third-order valence-corrected chi connectivity index (χ3v) is 4.84. The molecule has 0 fully saturated rings. The number of nitrogens with zero attached hydrogens (tertiary/aromatic N) is 1. The minimum atomic E-state index is 0.0862. The molecule has 0 bridgehead atoms.